The molecule has 0 unspecified atom stereocenters. The summed E-state index contributed by atoms with van der Waals surface area (Å²) in [6.07, 6.45) is 4.95. The van der Waals surface area contributed by atoms with Gasteiger partial charge in [-0.25, -0.2) is 0 Å². The highest BCUT2D eigenvalue weighted by atomic mass is 16.1. The Hall–Kier alpha value is -2.69. The minimum atomic E-state index is -0.176. The number of amides is 1. The molecular weight excluding hydrogens is 240 g/mol. The van der Waals surface area contributed by atoms with Crippen molar-refractivity contribution in [2.75, 3.05) is 5.32 Å². The fourth-order valence-electron chi connectivity index (χ4n) is 1.95. The zero-order valence-corrected chi connectivity index (χ0v) is 10.4. The summed E-state index contributed by atoms with van der Waals surface area (Å²) in [7, 11) is 1.78. The van der Waals surface area contributed by atoms with Gasteiger partial charge in [-0.2, -0.15) is 5.10 Å². The van der Waals surface area contributed by atoms with Crippen molar-refractivity contribution >= 4 is 22.5 Å². The fraction of sp³-hybridized carbons (Fsp3) is 0.0714. The predicted octanol–water partition coefficient (Wildman–Crippen LogP) is 2.22. The molecule has 19 heavy (non-hydrogen) atoms. The van der Waals surface area contributed by atoms with Crippen LogP contribution >= 0.6 is 0 Å². The van der Waals surface area contributed by atoms with E-state index in [1.54, 1.807) is 30.3 Å². The maximum Gasteiger partial charge on any atom is 0.258 e. The second-order valence-electron chi connectivity index (χ2n) is 4.23. The quantitative estimate of drug-likeness (QED) is 0.760. The van der Waals surface area contributed by atoms with Crippen molar-refractivity contribution in [3.05, 3.63) is 54.5 Å². The van der Waals surface area contributed by atoms with Gasteiger partial charge >= 0.3 is 0 Å². The third kappa shape index (κ3) is 2.18. The Labute approximate surface area is 109 Å². The van der Waals surface area contributed by atoms with Crippen molar-refractivity contribution in [1.29, 1.82) is 0 Å². The maximum atomic E-state index is 12.1. The predicted molar refractivity (Wildman–Crippen MR) is 72.9 cm³/mol. The normalized spacial score (nSPS) is 10.6. The van der Waals surface area contributed by atoms with Crippen LogP contribution in [0, 0.1) is 0 Å². The number of aromatic nitrogens is 3. The van der Waals surface area contributed by atoms with Gasteiger partial charge in [-0.1, -0.05) is 6.07 Å². The summed E-state index contributed by atoms with van der Waals surface area (Å²) in [5.74, 6) is -0.176. The van der Waals surface area contributed by atoms with Crippen molar-refractivity contribution in [2.24, 2.45) is 7.05 Å². The number of carbonyl (C=O) groups is 1. The first-order valence-corrected chi connectivity index (χ1v) is 5.88. The molecule has 0 saturated heterocycles. The molecule has 2 heterocycles. The smallest absolute Gasteiger partial charge is 0.258 e. The van der Waals surface area contributed by atoms with E-state index in [9.17, 15) is 4.79 Å². The molecule has 0 radical (unpaired) electrons. The van der Waals surface area contributed by atoms with Gasteiger partial charge in [0.15, 0.2) is 0 Å². The SMILES string of the molecule is Cn1cc(C(=O)Nc2cccc3ncccc23)cn1. The van der Waals surface area contributed by atoms with E-state index in [0.29, 0.717) is 5.56 Å². The van der Waals surface area contributed by atoms with Gasteiger partial charge in [0.1, 0.15) is 0 Å². The molecule has 5 nitrogen and oxygen atoms in total. The number of hydrogen-bond acceptors (Lipinski definition) is 3. The average molecular weight is 252 g/mol. The van der Waals surface area contributed by atoms with E-state index in [1.807, 2.05) is 30.3 Å². The number of rotatable bonds is 2. The van der Waals surface area contributed by atoms with Gasteiger partial charge in [0, 0.05) is 24.8 Å². The lowest BCUT2D eigenvalue weighted by atomic mass is 10.2. The number of nitrogens with zero attached hydrogens (tertiary/aromatic N) is 3. The Morgan fingerprint density at radius 1 is 1.26 bits per heavy atom. The van der Waals surface area contributed by atoms with Crippen LogP contribution in [0.15, 0.2) is 48.9 Å². The molecule has 0 fully saturated rings. The Bertz CT molecular complexity index is 743. The summed E-state index contributed by atoms with van der Waals surface area (Å²) in [6.45, 7) is 0. The van der Waals surface area contributed by atoms with Gasteiger partial charge in [-0.05, 0) is 24.3 Å². The highest BCUT2D eigenvalue weighted by Crippen LogP contribution is 2.21. The van der Waals surface area contributed by atoms with Crippen LogP contribution in [0.1, 0.15) is 10.4 Å². The third-order valence-electron chi connectivity index (χ3n) is 2.86. The summed E-state index contributed by atoms with van der Waals surface area (Å²) in [5, 5.41) is 7.79. The first kappa shape index (κ1) is 11.4. The molecule has 0 aliphatic rings. The van der Waals surface area contributed by atoms with Crippen LogP contribution in [0.4, 0.5) is 5.69 Å². The topological polar surface area (TPSA) is 59.8 Å². The van der Waals surface area contributed by atoms with Gasteiger partial charge in [0.05, 0.1) is 23.0 Å². The maximum absolute atomic E-state index is 12.1. The molecule has 2 aromatic heterocycles. The number of nitrogens with one attached hydrogen (secondary N) is 1. The molecule has 0 bridgehead atoms. The van der Waals surface area contributed by atoms with Crippen LogP contribution in [0.25, 0.3) is 10.9 Å². The molecule has 0 aliphatic carbocycles. The largest absolute Gasteiger partial charge is 0.321 e. The van der Waals surface area contributed by atoms with Gasteiger partial charge in [0.25, 0.3) is 5.91 Å². The lowest BCUT2D eigenvalue weighted by Gasteiger charge is -2.06. The van der Waals surface area contributed by atoms with E-state index in [1.165, 1.54) is 0 Å². The number of anilines is 1. The van der Waals surface area contributed by atoms with Gasteiger partial charge < -0.3 is 5.32 Å². The summed E-state index contributed by atoms with van der Waals surface area (Å²) in [4.78, 5) is 16.3. The molecule has 3 rings (SSSR count). The molecule has 1 aromatic carbocycles. The van der Waals surface area contributed by atoms with Gasteiger partial charge in [-0.3, -0.25) is 14.5 Å². The standard InChI is InChI=1S/C14H12N4O/c1-18-9-10(8-16-18)14(19)17-13-6-2-5-12-11(13)4-3-7-15-12/h2-9H,1H3,(H,17,19). The number of benzene rings is 1. The number of carbonyl (C=O) groups excluding carboxylic acids is 1. The summed E-state index contributed by atoms with van der Waals surface area (Å²) >= 11 is 0. The first-order chi connectivity index (χ1) is 9.24. The highest BCUT2D eigenvalue weighted by molar-refractivity contribution is 6.08. The summed E-state index contributed by atoms with van der Waals surface area (Å²) in [6, 6.07) is 9.42. The minimum absolute atomic E-state index is 0.176. The number of hydrogen-bond donors (Lipinski definition) is 1. The molecule has 3 aromatic rings. The second-order valence-corrected chi connectivity index (χ2v) is 4.23. The van der Waals surface area contributed by atoms with E-state index in [4.69, 9.17) is 0 Å². The van der Waals surface area contributed by atoms with E-state index in [-0.39, 0.29) is 5.91 Å². The van der Waals surface area contributed by atoms with Gasteiger partial charge in [-0.15, -0.1) is 0 Å². The lowest BCUT2D eigenvalue weighted by Crippen LogP contribution is -2.11. The molecule has 1 amide bonds. The Balaban J connectivity index is 1.95. The summed E-state index contributed by atoms with van der Waals surface area (Å²) in [5.41, 5.74) is 2.13. The molecule has 5 heteroatoms. The van der Waals surface area contributed by atoms with Crippen molar-refractivity contribution in [3.8, 4) is 0 Å². The second kappa shape index (κ2) is 4.53. The van der Waals surface area contributed by atoms with E-state index >= 15 is 0 Å². The van der Waals surface area contributed by atoms with Crippen molar-refractivity contribution in [1.82, 2.24) is 14.8 Å². The van der Waals surface area contributed by atoms with Crippen LogP contribution in [0.5, 0.6) is 0 Å². The summed E-state index contributed by atoms with van der Waals surface area (Å²) < 4.78 is 1.60. The number of pyridine rings is 1. The van der Waals surface area contributed by atoms with Crippen LogP contribution in [0.3, 0.4) is 0 Å². The van der Waals surface area contributed by atoms with Gasteiger partial charge in [0.2, 0.25) is 0 Å². The zero-order chi connectivity index (χ0) is 13.2. The van der Waals surface area contributed by atoms with Crippen LogP contribution in [-0.4, -0.2) is 20.7 Å². The van der Waals surface area contributed by atoms with E-state index < -0.39 is 0 Å². The van der Waals surface area contributed by atoms with Crippen LogP contribution in [-0.2, 0) is 7.05 Å². The fourth-order valence-corrected chi connectivity index (χ4v) is 1.95. The monoisotopic (exact) mass is 252 g/mol. The zero-order valence-electron chi connectivity index (χ0n) is 10.4. The van der Waals surface area contributed by atoms with Crippen molar-refractivity contribution in [3.63, 3.8) is 0 Å². The molecular formula is C14H12N4O. The number of fused-ring (bicyclic) bond motifs is 1. The molecule has 0 aliphatic heterocycles. The van der Waals surface area contributed by atoms with Crippen LogP contribution < -0.4 is 5.32 Å². The number of aryl methyl sites for hydroxylation is 1. The van der Waals surface area contributed by atoms with Crippen molar-refractivity contribution in [2.45, 2.75) is 0 Å². The Morgan fingerprint density at radius 2 is 2.16 bits per heavy atom. The molecule has 0 atom stereocenters. The van der Waals surface area contributed by atoms with Crippen molar-refractivity contribution < 1.29 is 4.79 Å². The highest BCUT2D eigenvalue weighted by Gasteiger charge is 2.09. The van der Waals surface area contributed by atoms with E-state index in [0.717, 1.165) is 16.6 Å². The lowest BCUT2D eigenvalue weighted by molar-refractivity contribution is 0.102. The third-order valence-corrected chi connectivity index (χ3v) is 2.86. The van der Waals surface area contributed by atoms with Crippen LogP contribution in [0.2, 0.25) is 0 Å². The Kier molecular flexibility index (Phi) is 2.72. The first-order valence-electron chi connectivity index (χ1n) is 5.88. The van der Waals surface area contributed by atoms with E-state index in [2.05, 4.69) is 15.4 Å². The molecule has 0 spiro atoms. The Morgan fingerprint density at radius 3 is 2.95 bits per heavy atom. The molecule has 94 valence electrons. The molecule has 1 N–H and O–H groups in total. The average Bonchev–Trinajstić information content (AvgIpc) is 2.86. The minimum Gasteiger partial charge on any atom is -0.321 e. The molecule has 0 saturated carbocycles.